The number of hydrogen-bond acceptors (Lipinski definition) is 5. The van der Waals surface area contributed by atoms with E-state index in [1.165, 1.54) is 0 Å². The summed E-state index contributed by atoms with van der Waals surface area (Å²) in [6.07, 6.45) is -0.341. The van der Waals surface area contributed by atoms with Crippen molar-refractivity contribution in [3.63, 3.8) is 0 Å². The lowest BCUT2D eigenvalue weighted by Gasteiger charge is -2.35. The lowest BCUT2D eigenvalue weighted by Crippen LogP contribution is -2.50. The van der Waals surface area contributed by atoms with Crippen LogP contribution in [-0.2, 0) is 4.74 Å². The van der Waals surface area contributed by atoms with E-state index in [2.05, 4.69) is 4.90 Å². The summed E-state index contributed by atoms with van der Waals surface area (Å²) in [5, 5.41) is 9.45. The number of ether oxygens (including phenoxy) is 2. The van der Waals surface area contributed by atoms with Crippen molar-refractivity contribution in [3.8, 4) is 5.75 Å². The van der Waals surface area contributed by atoms with Gasteiger partial charge in [0.2, 0.25) is 0 Å². The summed E-state index contributed by atoms with van der Waals surface area (Å²) in [6.45, 7) is 6.23. The molecule has 0 aliphatic carbocycles. The van der Waals surface area contributed by atoms with Gasteiger partial charge in [-0.25, -0.2) is 0 Å². The van der Waals surface area contributed by atoms with Gasteiger partial charge in [-0.3, -0.25) is 9.69 Å². The summed E-state index contributed by atoms with van der Waals surface area (Å²) in [7, 11) is 1.62. The number of β-amino-alcohol motifs (C(OH)–C–C–N with tert-alkyl or cyclic N) is 1. The zero-order valence-electron chi connectivity index (χ0n) is 13.9. The highest BCUT2D eigenvalue weighted by molar-refractivity contribution is 5.97. The maximum absolute atomic E-state index is 12.7. The van der Waals surface area contributed by atoms with E-state index in [4.69, 9.17) is 9.47 Å². The van der Waals surface area contributed by atoms with E-state index in [9.17, 15) is 9.90 Å². The Balaban J connectivity index is 1.96. The highest BCUT2D eigenvalue weighted by atomic mass is 16.5. The van der Waals surface area contributed by atoms with Crippen molar-refractivity contribution >= 4 is 5.91 Å². The second-order valence-corrected chi connectivity index (χ2v) is 5.78. The highest BCUT2D eigenvalue weighted by Crippen LogP contribution is 2.20. The number of carbonyl (C=O) groups excluding carboxylic acids is 1. The zero-order chi connectivity index (χ0) is 16.7. The van der Waals surface area contributed by atoms with Crippen LogP contribution in [0.5, 0.6) is 5.75 Å². The smallest absolute Gasteiger partial charge is 0.257 e. The van der Waals surface area contributed by atoms with Gasteiger partial charge in [-0.1, -0.05) is 12.1 Å². The Bertz CT molecular complexity index is 499. The molecule has 1 fully saturated rings. The van der Waals surface area contributed by atoms with Gasteiger partial charge in [0.05, 0.1) is 18.3 Å². The summed E-state index contributed by atoms with van der Waals surface area (Å²) in [4.78, 5) is 16.7. The fourth-order valence-corrected chi connectivity index (χ4v) is 2.68. The zero-order valence-corrected chi connectivity index (χ0v) is 13.9. The maximum atomic E-state index is 12.7. The van der Waals surface area contributed by atoms with Gasteiger partial charge >= 0.3 is 0 Å². The molecule has 0 bridgehead atoms. The lowest BCUT2D eigenvalue weighted by atomic mass is 10.1. The standard InChI is InChI=1S/C17H26N2O4/c1-14(20)13-18-7-9-19(10-8-18)17(21)15-5-3-4-6-16(15)23-12-11-22-2/h3-6,14,20H,7-13H2,1-2H3. The number of nitrogens with zero attached hydrogens (tertiary/aromatic N) is 2. The molecule has 2 rings (SSSR count). The average Bonchev–Trinajstić information content (AvgIpc) is 2.55. The number of aliphatic hydroxyl groups excluding tert-OH is 1. The van der Waals surface area contributed by atoms with Crippen LogP contribution in [0.1, 0.15) is 17.3 Å². The quantitative estimate of drug-likeness (QED) is 0.754. The van der Waals surface area contributed by atoms with Gasteiger partial charge < -0.3 is 19.5 Å². The normalized spacial score (nSPS) is 17.1. The Labute approximate surface area is 137 Å². The second kappa shape index (κ2) is 8.86. The molecule has 23 heavy (non-hydrogen) atoms. The van der Waals surface area contributed by atoms with Gasteiger partial charge in [0, 0.05) is 39.8 Å². The number of aliphatic hydroxyl groups is 1. The molecule has 1 N–H and O–H groups in total. The van der Waals surface area contributed by atoms with Crippen LogP contribution in [0.15, 0.2) is 24.3 Å². The fraction of sp³-hybridized carbons (Fsp3) is 0.588. The molecular formula is C17H26N2O4. The van der Waals surface area contributed by atoms with Gasteiger partial charge in [-0.05, 0) is 19.1 Å². The number of rotatable bonds is 7. The number of amides is 1. The largest absolute Gasteiger partial charge is 0.490 e. The van der Waals surface area contributed by atoms with E-state index >= 15 is 0 Å². The molecule has 0 aromatic heterocycles. The third-order valence-electron chi connectivity index (χ3n) is 3.84. The predicted octanol–water partition coefficient (Wildman–Crippen LogP) is 0.850. The first-order valence-corrected chi connectivity index (χ1v) is 8.02. The molecule has 1 atom stereocenters. The van der Waals surface area contributed by atoms with E-state index in [0.717, 1.165) is 13.1 Å². The number of methoxy groups -OCH3 is 1. The van der Waals surface area contributed by atoms with E-state index in [1.807, 2.05) is 23.1 Å². The molecule has 128 valence electrons. The third-order valence-corrected chi connectivity index (χ3v) is 3.84. The Kier molecular flexibility index (Phi) is 6.83. The second-order valence-electron chi connectivity index (χ2n) is 5.78. The van der Waals surface area contributed by atoms with Gasteiger partial charge in [0.25, 0.3) is 5.91 Å². The van der Waals surface area contributed by atoms with Crippen molar-refractivity contribution < 1.29 is 19.4 Å². The lowest BCUT2D eigenvalue weighted by molar-refractivity contribution is 0.0549. The number of carbonyl (C=O) groups is 1. The van der Waals surface area contributed by atoms with Crippen molar-refractivity contribution in [2.24, 2.45) is 0 Å². The van der Waals surface area contributed by atoms with Crippen molar-refractivity contribution in [3.05, 3.63) is 29.8 Å². The first-order chi connectivity index (χ1) is 11.1. The topological polar surface area (TPSA) is 62.2 Å². The predicted molar refractivity (Wildman–Crippen MR) is 87.8 cm³/mol. The monoisotopic (exact) mass is 322 g/mol. The van der Waals surface area contributed by atoms with Crippen LogP contribution >= 0.6 is 0 Å². The Morgan fingerprint density at radius 2 is 1.91 bits per heavy atom. The molecule has 6 nitrogen and oxygen atoms in total. The fourth-order valence-electron chi connectivity index (χ4n) is 2.68. The van der Waals surface area contributed by atoms with Crippen LogP contribution in [0.3, 0.4) is 0 Å². The molecule has 1 aliphatic heterocycles. The summed E-state index contributed by atoms with van der Waals surface area (Å²) >= 11 is 0. The molecule has 1 aromatic rings. The Morgan fingerprint density at radius 1 is 1.22 bits per heavy atom. The van der Waals surface area contributed by atoms with E-state index < -0.39 is 0 Å². The summed E-state index contributed by atoms with van der Waals surface area (Å²) < 4.78 is 10.6. The number of hydrogen-bond donors (Lipinski definition) is 1. The molecule has 0 saturated carbocycles. The van der Waals surface area contributed by atoms with Gasteiger partial charge in [0.1, 0.15) is 12.4 Å². The van der Waals surface area contributed by atoms with E-state index in [-0.39, 0.29) is 12.0 Å². The summed E-state index contributed by atoms with van der Waals surface area (Å²) in [5.74, 6) is 0.593. The number of para-hydroxylation sites is 1. The molecule has 1 amide bonds. The number of piperazine rings is 1. The third kappa shape index (κ3) is 5.20. The van der Waals surface area contributed by atoms with Crippen LogP contribution in [0.2, 0.25) is 0 Å². The van der Waals surface area contributed by atoms with Crippen LogP contribution < -0.4 is 4.74 Å². The van der Waals surface area contributed by atoms with Crippen LogP contribution in [0, 0.1) is 0 Å². The minimum Gasteiger partial charge on any atom is -0.490 e. The summed E-state index contributed by atoms with van der Waals surface area (Å²) in [5.41, 5.74) is 0.590. The summed E-state index contributed by atoms with van der Waals surface area (Å²) in [6, 6.07) is 7.32. The highest BCUT2D eigenvalue weighted by Gasteiger charge is 2.24. The molecular weight excluding hydrogens is 296 g/mol. The molecule has 0 spiro atoms. The Morgan fingerprint density at radius 3 is 2.57 bits per heavy atom. The van der Waals surface area contributed by atoms with Crippen molar-refractivity contribution in [2.45, 2.75) is 13.0 Å². The maximum Gasteiger partial charge on any atom is 0.257 e. The molecule has 0 radical (unpaired) electrons. The van der Waals surface area contributed by atoms with Crippen molar-refractivity contribution in [1.29, 1.82) is 0 Å². The van der Waals surface area contributed by atoms with Crippen LogP contribution in [-0.4, -0.2) is 80.0 Å². The van der Waals surface area contributed by atoms with Crippen LogP contribution in [0.4, 0.5) is 0 Å². The first-order valence-electron chi connectivity index (χ1n) is 8.02. The van der Waals surface area contributed by atoms with Gasteiger partial charge in [-0.2, -0.15) is 0 Å². The average molecular weight is 322 g/mol. The molecule has 1 unspecified atom stereocenters. The minimum atomic E-state index is -0.341. The number of benzene rings is 1. The molecule has 1 aromatic carbocycles. The Hall–Kier alpha value is -1.63. The molecule has 1 saturated heterocycles. The molecule has 1 aliphatic rings. The van der Waals surface area contributed by atoms with Crippen molar-refractivity contribution in [2.75, 3.05) is 53.0 Å². The minimum absolute atomic E-state index is 0.00489. The van der Waals surface area contributed by atoms with E-state index in [1.54, 1.807) is 20.1 Å². The van der Waals surface area contributed by atoms with Gasteiger partial charge in [-0.15, -0.1) is 0 Å². The van der Waals surface area contributed by atoms with Gasteiger partial charge in [0.15, 0.2) is 0 Å². The SMILES string of the molecule is COCCOc1ccccc1C(=O)N1CCN(CC(C)O)CC1. The van der Waals surface area contributed by atoms with Crippen LogP contribution in [0.25, 0.3) is 0 Å². The van der Waals surface area contributed by atoms with E-state index in [0.29, 0.717) is 44.2 Å². The van der Waals surface area contributed by atoms with Crippen molar-refractivity contribution in [1.82, 2.24) is 9.80 Å². The molecule has 1 heterocycles. The molecule has 6 heteroatoms. The first kappa shape index (κ1) is 17.7.